The summed E-state index contributed by atoms with van der Waals surface area (Å²) in [5.74, 6) is 1.83. The quantitative estimate of drug-likeness (QED) is 0.796. The lowest BCUT2D eigenvalue weighted by molar-refractivity contribution is 0.0950. The Bertz CT molecular complexity index is 704. The molecule has 0 heterocycles. The first-order valence-corrected chi connectivity index (χ1v) is 7.93. The van der Waals surface area contributed by atoms with Gasteiger partial charge in [0.1, 0.15) is 5.75 Å². The highest BCUT2D eigenvalue weighted by Crippen LogP contribution is 2.38. The Balaban J connectivity index is 2.19. The molecule has 2 aromatic carbocycles. The third kappa shape index (κ3) is 4.35. The maximum atomic E-state index is 12.5. The molecule has 1 amide bonds. The average molecular weight is 345 g/mol. The molecule has 0 saturated heterocycles. The molecule has 0 aliphatic heterocycles. The number of amides is 1. The van der Waals surface area contributed by atoms with Crippen LogP contribution in [0.4, 0.5) is 0 Å². The summed E-state index contributed by atoms with van der Waals surface area (Å²) >= 11 is 0. The van der Waals surface area contributed by atoms with Gasteiger partial charge in [0.15, 0.2) is 11.5 Å². The van der Waals surface area contributed by atoms with Crippen LogP contribution in [0.2, 0.25) is 0 Å². The van der Waals surface area contributed by atoms with Crippen LogP contribution in [0.15, 0.2) is 36.4 Å². The van der Waals surface area contributed by atoms with E-state index in [1.54, 1.807) is 12.1 Å². The molecule has 0 spiro atoms. The molecular formula is C19H23NO5. The number of methoxy groups -OCH3 is 3. The van der Waals surface area contributed by atoms with Crippen molar-refractivity contribution in [1.29, 1.82) is 0 Å². The van der Waals surface area contributed by atoms with Crippen molar-refractivity contribution in [2.75, 3.05) is 27.9 Å². The molecule has 2 aromatic rings. The first-order valence-electron chi connectivity index (χ1n) is 7.93. The van der Waals surface area contributed by atoms with Gasteiger partial charge in [0.2, 0.25) is 5.75 Å². The van der Waals surface area contributed by atoms with Gasteiger partial charge in [-0.05, 0) is 25.1 Å². The number of ether oxygens (including phenoxy) is 4. The second kappa shape index (κ2) is 8.82. The number of rotatable bonds is 8. The molecule has 0 fully saturated rings. The zero-order valence-electron chi connectivity index (χ0n) is 14.9. The van der Waals surface area contributed by atoms with Crippen molar-refractivity contribution in [1.82, 2.24) is 5.32 Å². The monoisotopic (exact) mass is 345 g/mol. The molecule has 0 aliphatic rings. The van der Waals surface area contributed by atoms with Crippen LogP contribution in [0.1, 0.15) is 22.8 Å². The van der Waals surface area contributed by atoms with Gasteiger partial charge in [-0.2, -0.15) is 0 Å². The third-order valence-electron chi connectivity index (χ3n) is 3.64. The summed E-state index contributed by atoms with van der Waals surface area (Å²) in [4.78, 5) is 12.5. The van der Waals surface area contributed by atoms with E-state index in [0.29, 0.717) is 36.0 Å². The molecule has 0 saturated carbocycles. The van der Waals surface area contributed by atoms with E-state index in [1.165, 1.54) is 21.3 Å². The second-order valence-electron chi connectivity index (χ2n) is 5.14. The van der Waals surface area contributed by atoms with E-state index in [9.17, 15) is 4.79 Å². The van der Waals surface area contributed by atoms with Gasteiger partial charge >= 0.3 is 0 Å². The molecule has 134 valence electrons. The first kappa shape index (κ1) is 18.4. The molecule has 0 radical (unpaired) electrons. The lowest BCUT2D eigenvalue weighted by Gasteiger charge is -2.14. The second-order valence-corrected chi connectivity index (χ2v) is 5.14. The Hall–Kier alpha value is -2.89. The average Bonchev–Trinajstić information content (AvgIpc) is 2.65. The maximum Gasteiger partial charge on any atom is 0.251 e. The van der Waals surface area contributed by atoms with Crippen molar-refractivity contribution in [2.24, 2.45) is 0 Å². The Morgan fingerprint density at radius 3 is 2.16 bits per heavy atom. The SMILES string of the molecule is CCOc1ccccc1CNC(=O)c1cc(OC)c(OC)c(OC)c1. The highest BCUT2D eigenvalue weighted by atomic mass is 16.5. The molecule has 2 rings (SSSR count). The summed E-state index contributed by atoms with van der Waals surface area (Å²) in [6, 6.07) is 10.8. The van der Waals surface area contributed by atoms with Crippen LogP contribution in [0.25, 0.3) is 0 Å². The minimum atomic E-state index is -0.245. The predicted octanol–water partition coefficient (Wildman–Crippen LogP) is 3.04. The predicted molar refractivity (Wildman–Crippen MR) is 94.9 cm³/mol. The maximum absolute atomic E-state index is 12.5. The van der Waals surface area contributed by atoms with Gasteiger partial charge in [0.05, 0.1) is 27.9 Å². The number of carbonyl (C=O) groups excluding carboxylic acids is 1. The molecule has 1 N–H and O–H groups in total. The smallest absolute Gasteiger partial charge is 0.251 e. The van der Waals surface area contributed by atoms with Gasteiger partial charge in [-0.3, -0.25) is 4.79 Å². The van der Waals surface area contributed by atoms with E-state index in [2.05, 4.69) is 5.32 Å². The summed E-state index contributed by atoms with van der Waals surface area (Å²) in [6.07, 6.45) is 0. The summed E-state index contributed by atoms with van der Waals surface area (Å²) in [6.45, 7) is 2.84. The minimum absolute atomic E-state index is 0.245. The van der Waals surface area contributed by atoms with Crippen molar-refractivity contribution in [3.63, 3.8) is 0 Å². The lowest BCUT2D eigenvalue weighted by atomic mass is 10.1. The molecule has 6 nitrogen and oxygen atoms in total. The normalized spacial score (nSPS) is 10.1. The van der Waals surface area contributed by atoms with Crippen LogP contribution in [-0.4, -0.2) is 33.8 Å². The van der Waals surface area contributed by atoms with E-state index in [4.69, 9.17) is 18.9 Å². The molecule has 0 atom stereocenters. The number of hydrogen-bond acceptors (Lipinski definition) is 5. The van der Waals surface area contributed by atoms with E-state index >= 15 is 0 Å². The van der Waals surface area contributed by atoms with Crippen LogP contribution in [-0.2, 0) is 6.54 Å². The van der Waals surface area contributed by atoms with Crippen molar-refractivity contribution in [3.8, 4) is 23.0 Å². The molecule has 25 heavy (non-hydrogen) atoms. The van der Waals surface area contributed by atoms with E-state index in [-0.39, 0.29) is 5.91 Å². The third-order valence-corrected chi connectivity index (χ3v) is 3.64. The number of para-hydroxylation sites is 1. The summed E-state index contributed by atoms with van der Waals surface area (Å²) in [5.41, 5.74) is 1.33. The summed E-state index contributed by atoms with van der Waals surface area (Å²) in [5, 5.41) is 2.88. The van der Waals surface area contributed by atoms with Gasteiger partial charge < -0.3 is 24.3 Å². The number of benzene rings is 2. The van der Waals surface area contributed by atoms with Crippen LogP contribution >= 0.6 is 0 Å². The molecule has 0 aliphatic carbocycles. The van der Waals surface area contributed by atoms with Gasteiger partial charge in [-0.1, -0.05) is 18.2 Å². The summed E-state index contributed by atoms with van der Waals surface area (Å²) < 4.78 is 21.4. The highest BCUT2D eigenvalue weighted by Gasteiger charge is 2.17. The fraction of sp³-hybridized carbons (Fsp3) is 0.316. The Morgan fingerprint density at radius 1 is 0.960 bits per heavy atom. The van der Waals surface area contributed by atoms with Crippen molar-refractivity contribution >= 4 is 5.91 Å². The number of hydrogen-bond donors (Lipinski definition) is 1. The first-order chi connectivity index (χ1) is 12.1. The number of carbonyl (C=O) groups is 1. The van der Waals surface area contributed by atoms with Crippen LogP contribution < -0.4 is 24.3 Å². The van der Waals surface area contributed by atoms with E-state index < -0.39 is 0 Å². The Kier molecular flexibility index (Phi) is 6.51. The minimum Gasteiger partial charge on any atom is -0.494 e. The van der Waals surface area contributed by atoms with Gasteiger partial charge in [-0.25, -0.2) is 0 Å². The Labute approximate surface area is 147 Å². The fourth-order valence-corrected chi connectivity index (χ4v) is 2.44. The van der Waals surface area contributed by atoms with E-state index in [1.807, 2.05) is 31.2 Å². The molecule has 0 aromatic heterocycles. The van der Waals surface area contributed by atoms with E-state index in [0.717, 1.165) is 11.3 Å². The zero-order valence-corrected chi connectivity index (χ0v) is 14.9. The summed E-state index contributed by atoms with van der Waals surface area (Å²) in [7, 11) is 4.54. The molecule has 0 unspecified atom stereocenters. The van der Waals surface area contributed by atoms with Crippen molar-refractivity contribution in [3.05, 3.63) is 47.5 Å². The fourth-order valence-electron chi connectivity index (χ4n) is 2.44. The van der Waals surface area contributed by atoms with Crippen molar-refractivity contribution < 1.29 is 23.7 Å². The van der Waals surface area contributed by atoms with Crippen LogP contribution in [0.3, 0.4) is 0 Å². The van der Waals surface area contributed by atoms with Gasteiger partial charge in [0, 0.05) is 17.7 Å². The van der Waals surface area contributed by atoms with Gasteiger partial charge in [-0.15, -0.1) is 0 Å². The molecular weight excluding hydrogens is 322 g/mol. The molecule has 6 heteroatoms. The van der Waals surface area contributed by atoms with Crippen molar-refractivity contribution in [2.45, 2.75) is 13.5 Å². The lowest BCUT2D eigenvalue weighted by Crippen LogP contribution is -2.23. The number of nitrogens with one attached hydrogen (secondary N) is 1. The van der Waals surface area contributed by atoms with Gasteiger partial charge in [0.25, 0.3) is 5.91 Å². The highest BCUT2D eigenvalue weighted by molar-refractivity contribution is 5.95. The molecule has 0 bridgehead atoms. The topological polar surface area (TPSA) is 66.0 Å². The standard InChI is InChI=1S/C19H23NO5/c1-5-25-15-9-7-6-8-13(15)12-20-19(21)14-10-16(22-2)18(24-4)17(11-14)23-3/h6-11H,5,12H2,1-4H3,(H,20,21). The van der Waals surface area contributed by atoms with Crippen LogP contribution in [0.5, 0.6) is 23.0 Å². The zero-order chi connectivity index (χ0) is 18.2. The largest absolute Gasteiger partial charge is 0.494 e. The Morgan fingerprint density at radius 2 is 1.60 bits per heavy atom. The van der Waals surface area contributed by atoms with Crippen LogP contribution in [0, 0.1) is 0 Å².